The minimum absolute atomic E-state index is 0.123. The van der Waals surface area contributed by atoms with Crippen LogP contribution >= 0.6 is 0 Å². The number of sulfone groups is 1. The lowest BCUT2D eigenvalue weighted by Crippen LogP contribution is -2.31. The Morgan fingerprint density at radius 3 is 2.50 bits per heavy atom. The van der Waals surface area contributed by atoms with Crippen LogP contribution in [0.25, 0.3) is 0 Å². The van der Waals surface area contributed by atoms with Crippen LogP contribution in [-0.2, 0) is 14.6 Å². The number of hydrogen-bond donors (Lipinski definition) is 4. The first-order chi connectivity index (χ1) is 9.50. The number of hydrogen-bond acceptors (Lipinski definition) is 6. The Morgan fingerprint density at radius 1 is 1.40 bits per heavy atom. The number of imidazole rings is 1. The predicted molar refractivity (Wildman–Crippen MR) is 71.9 cm³/mol. The molecule has 0 aliphatic carbocycles. The Labute approximate surface area is 117 Å². The Balaban J connectivity index is 0.00000172. The number of rotatable bonds is 8. The first-order valence-corrected chi connectivity index (χ1v) is 7.76. The van der Waals surface area contributed by atoms with Crippen LogP contribution in [0.1, 0.15) is 39.0 Å². The van der Waals surface area contributed by atoms with E-state index in [1.165, 1.54) is 12.4 Å². The molecule has 0 bridgehead atoms. The quantitative estimate of drug-likeness (QED) is 0.413. The molecular weight excluding hydrogens is 286 g/mol. The summed E-state index contributed by atoms with van der Waals surface area (Å²) in [6, 6.07) is 0. The van der Waals surface area contributed by atoms with Crippen molar-refractivity contribution in [3.05, 3.63) is 12.4 Å². The van der Waals surface area contributed by atoms with Crippen molar-refractivity contribution in [1.82, 2.24) is 9.97 Å². The number of carboxylic acid groups (broad SMARTS) is 1. The SMILES string of the molecule is CCCCCCC(C(=O)O)S(=O)(=O)c1ncc[nH]1.NO. The summed E-state index contributed by atoms with van der Waals surface area (Å²) in [5.74, 6) is 2.18. The standard InChI is InChI=1S/C11H18N2O4S.H3NO/c1-2-3-4-5-6-9(10(14)15)18(16,17)11-12-7-8-13-11;1-2/h7-9H,2-6H2,1H3,(H,12,13)(H,14,15);2H,1H2. The van der Waals surface area contributed by atoms with Crippen molar-refractivity contribution >= 4 is 15.8 Å². The number of unbranched alkanes of at least 4 members (excludes halogenated alkanes) is 3. The molecule has 1 unspecified atom stereocenters. The van der Waals surface area contributed by atoms with Gasteiger partial charge in [0.05, 0.1) is 0 Å². The van der Waals surface area contributed by atoms with Gasteiger partial charge in [0.2, 0.25) is 15.0 Å². The molecule has 1 heterocycles. The van der Waals surface area contributed by atoms with Crippen LogP contribution in [0, 0.1) is 0 Å². The van der Waals surface area contributed by atoms with Crippen LogP contribution in [0.5, 0.6) is 0 Å². The van der Waals surface area contributed by atoms with E-state index in [0.29, 0.717) is 6.42 Å². The van der Waals surface area contributed by atoms with E-state index in [9.17, 15) is 13.2 Å². The molecule has 8 nitrogen and oxygen atoms in total. The number of nitrogens with zero attached hydrogens (tertiary/aromatic N) is 1. The maximum Gasteiger partial charge on any atom is 0.322 e. The monoisotopic (exact) mass is 307 g/mol. The number of aromatic nitrogens is 2. The van der Waals surface area contributed by atoms with E-state index in [-0.39, 0.29) is 11.6 Å². The van der Waals surface area contributed by atoms with Crippen molar-refractivity contribution in [3.63, 3.8) is 0 Å². The fourth-order valence-electron chi connectivity index (χ4n) is 1.71. The average Bonchev–Trinajstić information content (AvgIpc) is 2.95. The van der Waals surface area contributed by atoms with Crippen molar-refractivity contribution in [2.45, 2.75) is 49.4 Å². The van der Waals surface area contributed by atoms with Crippen LogP contribution in [-0.4, -0.2) is 39.9 Å². The number of nitrogens with two attached hydrogens (primary N) is 1. The zero-order chi connectivity index (χ0) is 15.6. The molecule has 9 heteroatoms. The highest BCUT2D eigenvalue weighted by atomic mass is 32.2. The fraction of sp³-hybridized carbons (Fsp3) is 0.636. The van der Waals surface area contributed by atoms with Crippen LogP contribution in [0.2, 0.25) is 0 Å². The van der Waals surface area contributed by atoms with Crippen LogP contribution < -0.4 is 5.90 Å². The second kappa shape index (κ2) is 9.45. The van der Waals surface area contributed by atoms with Crippen molar-refractivity contribution < 1.29 is 23.5 Å². The molecule has 0 aliphatic rings. The first-order valence-electron chi connectivity index (χ1n) is 6.22. The molecule has 0 saturated heterocycles. The van der Waals surface area contributed by atoms with Crippen molar-refractivity contribution in [3.8, 4) is 0 Å². The number of H-pyrrole nitrogens is 1. The molecule has 1 aromatic rings. The number of nitrogens with one attached hydrogen (secondary N) is 1. The Hall–Kier alpha value is -1.45. The number of carbonyl (C=O) groups is 1. The first kappa shape index (κ1) is 18.6. The van der Waals surface area contributed by atoms with Gasteiger partial charge in [0.1, 0.15) is 0 Å². The number of carboxylic acids is 1. The summed E-state index contributed by atoms with van der Waals surface area (Å²) in [6.07, 6.45) is 6.21. The summed E-state index contributed by atoms with van der Waals surface area (Å²) < 4.78 is 24.0. The van der Waals surface area contributed by atoms with Gasteiger partial charge < -0.3 is 15.3 Å². The molecule has 0 radical (unpaired) electrons. The van der Waals surface area contributed by atoms with E-state index in [0.717, 1.165) is 19.3 Å². The molecule has 116 valence electrons. The van der Waals surface area contributed by atoms with Gasteiger partial charge in [-0.1, -0.05) is 32.6 Å². The summed E-state index contributed by atoms with van der Waals surface area (Å²) in [7, 11) is -3.91. The average molecular weight is 307 g/mol. The van der Waals surface area contributed by atoms with Gasteiger partial charge in [-0.05, 0) is 6.42 Å². The molecular formula is C11H21N3O5S. The van der Waals surface area contributed by atoms with Gasteiger partial charge in [-0.3, -0.25) is 4.79 Å². The van der Waals surface area contributed by atoms with E-state index >= 15 is 0 Å². The highest BCUT2D eigenvalue weighted by Crippen LogP contribution is 2.18. The second-order valence-corrected chi connectivity index (χ2v) is 6.16. The zero-order valence-corrected chi connectivity index (χ0v) is 12.1. The van der Waals surface area contributed by atoms with E-state index in [2.05, 4.69) is 15.9 Å². The highest BCUT2D eigenvalue weighted by molar-refractivity contribution is 7.92. The van der Waals surface area contributed by atoms with Crippen molar-refractivity contribution in [2.24, 2.45) is 5.90 Å². The van der Waals surface area contributed by atoms with Crippen LogP contribution in [0.4, 0.5) is 0 Å². The van der Waals surface area contributed by atoms with Gasteiger partial charge >= 0.3 is 5.97 Å². The van der Waals surface area contributed by atoms with Gasteiger partial charge in [-0.2, -0.15) is 0 Å². The van der Waals surface area contributed by atoms with Gasteiger partial charge in [0.15, 0.2) is 5.25 Å². The normalized spacial score (nSPS) is 12.3. The van der Waals surface area contributed by atoms with Gasteiger partial charge in [0, 0.05) is 12.4 Å². The maximum atomic E-state index is 12.0. The molecule has 0 amide bonds. The lowest BCUT2D eigenvalue weighted by atomic mass is 10.1. The summed E-state index contributed by atoms with van der Waals surface area (Å²) in [5, 5.41) is 13.9. The molecule has 1 aromatic heterocycles. The highest BCUT2D eigenvalue weighted by Gasteiger charge is 2.35. The smallest absolute Gasteiger partial charge is 0.322 e. The Bertz CT molecular complexity index is 472. The van der Waals surface area contributed by atoms with Crippen LogP contribution in [0.3, 0.4) is 0 Å². The van der Waals surface area contributed by atoms with E-state index in [1.807, 2.05) is 6.92 Å². The molecule has 5 N–H and O–H groups in total. The molecule has 20 heavy (non-hydrogen) atoms. The minimum Gasteiger partial charge on any atom is -0.480 e. The largest absolute Gasteiger partial charge is 0.480 e. The van der Waals surface area contributed by atoms with Crippen LogP contribution in [0.15, 0.2) is 17.6 Å². The molecule has 0 spiro atoms. The molecule has 1 rings (SSSR count). The van der Waals surface area contributed by atoms with E-state index in [4.69, 9.17) is 10.3 Å². The molecule has 0 fully saturated rings. The Morgan fingerprint density at radius 2 is 2.05 bits per heavy atom. The third-order valence-electron chi connectivity index (χ3n) is 2.71. The molecule has 1 atom stereocenters. The number of aromatic amines is 1. The second-order valence-electron chi connectivity index (χ2n) is 4.12. The number of aliphatic carboxylic acids is 1. The van der Waals surface area contributed by atoms with Gasteiger partial charge in [-0.25, -0.2) is 19.3 Å². The topological polar surface area (TPSA) is 146 Å². The van der Waals surface area contributed by atoms with Gasteiger partial charge in [-0.15, -0.1) is 0 Å². The molecule has 0 aliphatic heterocycles. The van der Waals surface area contributed by atoms with E-state index < -0.39 is 21.1 Å². The molecule has 0 saturated carbocycles. The van der Waals surface area contributed by atoms with Crippen molar-refractivity contribution in [2.75, 3.05) is 0 Å². The summed E-state index contributed by atoms with van der Waals surface area (Å²) in [5.41, 5.74) is 0. The lowest BCUT2D eigenvalue weighted by molar-refractivity contribution is -0.136. The third kappa shape index (κ3) is 5.27. The maximum absolute atomic E-state index is 12.0. The van der Waals surface area contributed by atoms with Gasteiger partial charge in [0.25, 0.3) is 0 Å². The fourth-order valence-corrected chi connectivity index (χ4v) is 3.16. The van der Waals surface area contributed by atoms with Crippen molar-refractivity contribution in [1.29, 1.82) is 0 Å². The summed E-state index contributed by atoms with van der Waals surface area (Å²) in [6.45, 7) is 2.04. The molecule has 0 aromatic carbocycles. The minimum atomic E-state index is -3.91. The third-order valence-corrected chi connectivity index (χ3v) is 4.66. The summed E-state index contributed by atoms with van der Waals surface area (Å²) >= 11 is 0. The summed E-state index contributed by atoms with van der Waals surface area (Å²) in [4.78, 5) is 17.2. The Kier molecular flexibility index (Phi) is 8.77. The predicted octanol–water partition coefficient (Wildman–Crippen LogP) is 0.941. The lowest BCUT2D eigenvalue weighted by Gasteiger charge is -2.11. The van der Waals surface area contributed by atoms with E-state index in [1.54, 1.807) is 0 Å². The zero-order valence-electron chi connectivity index (χ0n) is 11.3.